The van der Waals surface area contributed by atoms with Gasteiger partial charge in [-0.2, -0.15) is 0 Å². The molecule has 2 rings (SSSR count). The Hall–Kier alpha value is -2.89. The molecule has 1 N–H and O–H groups in total. The van der Waals surface area contributed by atoms with Gasteiger partial charge in [0.15, 0.2) is 0 Å². The average molecular weight is 317 g/mol. The third kappa shape index (κ3) is 4.29. The number of carbonyl (C=O) groups is 2. The van der Waals surface area contributed by atoms with Crippen molar-refractivity contribution < 1.29 is 23.8 Å². The van der Waals surface area contributed by atoms with Crippen LogP contribution in [0.15, 0.2) is 48.5 Å². The summed E-state index contributed by atoms with van der Waals surface area (Å²) in [6, 6.07) is 12.2. The molecule has 0 saturated carbocycles. The van der Waals surface area contributed by atoms with Gasteiger partial charge in [0.25, 0.3) is 5.91 Å². The van der Waals surface area contributed by atoms with Crippen LogP contribution < -0.4 is 4.74 Å². The number of rotatable bonds is 6. The lowest BCUT2D eigenvalue weighted by molar-refractivity contribution is -0.137. The third-order valence-corrected chi connectivity index (χ3v) is 3.24. The van der Waals surface area contributed by atoms with E-state index in [1.54, 1.807) is 24.3 Å². The first-order chi connectivity index (χ1) is 11.0. The van der Waals surface area contributed by atoms with Crippen LogP contribution >= 0.6 is 0 Å². The molecule has 6 heteroatoms. The van der Waals surface area contributed by atoms with Gasteiger partial charge in [-0.1, -0.05) is 24.3 Å². The molecule has 0 aliphatic heterocycles. The molecule has 5 nitrogen and oxygen atoms in total. The van der Waals surface area contributed by atoms with Gasteiger partial charge in [-0.3, -0.25) is 9.59 Å². The SMILES string of the molecule is COc1ccccc1C(=O)N(CC(=O)O)Cc1ccc(F)cc1. The van der Waals surface area contributed by atoms with E-state index in [9.17, 15) is 14.0 Å². The van der Waals surface area contributed by atoms with Crippen molar-refractivity contribution in [3.63, 3.8) is 0 Å². The van der Waals surface area contributed by atoms with Gasteiger partial charge >= 0.3 is 5.97 Å². The van der Waals surface area contributed by atoms with Crippen LogP contribution in [0.4, 0.5) is 4.39 Å². The summed E-state index contributed by atoms with van der Waals surface area (Å²) in [5, 5.41) is 9.04. The van der Waals surface area contributed by atoms with E-state index in [0.717, 1.165) is 0 Å². The van der Waals surface area contributed by atoms with Crippen molar-refractivity contribution in [2.24, 2.45) is 0 Å². The molecule has 0 aromatic heterocycles. The first-order valence-electron chi connectivity index (χ1n) is 6.90. The highest BCUT2D eigenvalue weighted by atomic mass is 19.1. The smallest absolute Gasteiger partial charge is 0.323 e. The Morgan fingerprint density at radius 2 is 1.78 bits per heavy atom. The van der Waals surface area contributed by atoms with E-state index >= 15 is 0 Å². The molecule has 0 fully saturated rings. The minimum absolute atomic E-state index is 0.0590. The number of carbonyl (C=O) groups excluding carboxylic acids is 1. The molecule has 2 aromatic carbocycles. The number of carboxylic acids is 1. The molecule has 0 bridgehead atoms. The fourth-order valence-electron chi connectivity index (χ4n) is 2.16. The number of amides is 1. The molecule has 23 heavy (non-hydrogen) atoms. The Balaban J connectivity index is 2.28. The predicted octanol–water partition coefficient (Wildman–Crippen LogP) is 2.56. The largest absolute Gasteiger partial charge is 0.496 e. The monoisotopic (exact) mass is 317 g/mol. The van der Waals surface area contributed by atoms with Crippen molar-refractivity contribution >= 4 is 11.9 Å². The van der Waals surface area contributed by atoms with Gasteiger partial charge < -0.3 is 14.7 Å². The second kappa shape index (κ2) is 7.40. The van der Waals surface area contributed by atoms with Gasteiger partial charge in [0.2, 0.25) is 0 Å². The number of aliphatic carboxylic acids is 1. The highest BCUT2D eigenvalue weighted by Gasteiger charge is 2.21. The molecule has 0 aliphatic rings. The number of halogens is 1. The molecule has 120 valence electrons. The number of nitrogens with zero attached hydrogens (tertiary/aromatic N) is 1. The van der Waals surface area contributed by atoms with Gasteiger partial charge in [0.05, 0.1) is 12.7 Å². The molecule has 0 radical (unpaired) electrons. The van der Waals surface area contributed by atoms with Crippen molar-refractivity contribution in [2.45, 2.75) is 6.54 Å². The van der Waals surface area contributed by atoms with Gasteiger partial charge in [-0.15, -0.1) is 0 Å². The van der Waals surface area contributed by atoms with Crippen LogP contribution in [0.25, 0.3) is 0 Å². The van der Waals surface area contributed by atoms with Crippen LogP contribution in [0, 0.1) is 5.82 Å². The molecule has 2 aromatic rings. The second-order valence-corrected chi connectivity index (χ2v) is 4.88. The maximum absolute atomic E-state index is 13.0. The van der Waals surface area contributed by atoms with Crippen LogP contribution in [-0.4, -0.2) is 35.5 Å². The lowest BCUT2D eigenvalue weighted by Crippen LogP contribution is -2.35. The fourth-order valence-corrected chi connectivity index (χ4v) is 2.16. The van der Waals surface area contributed by atoms with Crippen LogP contribution in [0.5, 0.6) is 5.75 Å². The average Bonchev–Trinajstić information content (AvgIpc) is 2.55. The van der Waals surface area contributed by atoms with Crippen LogP contribution in [0.2, 0.25) is 0 Å². The summed E-state index contributed by atoms with van der Waals surface area (Å²) in [5.74, 6) is -1.62. The topological polar surface area (TPSA) is 66.8 Å². The Morgan fingerprint density at radius 3 is 2.39 bits per heavy atom. The van der Waals surface area contributed by atoms with Crippen molar-refractivity contribution in [3.8, 4) is 5.75 Å². The van der Waals surface area contributed by atoms with Gasteiger partial charge in [-0.05, 0) is 29.8 Å². The third-order valence-electron chi connectivity index (χ3n) is 3.24. The van der Waals surface area contributed by atoms with Crippen LogP contribution in [-0.2, 0) is 11.3 Å². The molecule has 0 heterocycles. The van der Waals surface area contributed by atoms with E-state index in [-0.39, 0.29) is 12.1 Å². The Kier molecular flexibility index (Phi) is 5.30. The highest BCUT2D eigenvalue weighted by molar-refractivity contribution is 5.98. The summed E-state index contributed by atoms with van der Waals surface area (Å²) in [6.45, 7) is -0.405. The zero-order valence-electron chi connectivity index (χ0n) is 12.5. The number of para-hydroxylation sites is 1. The summed E-state index contributed by atoms with van der Waals surface area (Å²) in [4.78, 5) is 24.9. The maximum Gasteiger partial charge on any atom is 0.323 e. The molecule has 1 amide bonds. The number of carboxylic acid groups (broad SMARTS) is 1. The van der Waals surface area contributed by atoms with Gasteiger partial charge in [0.1, 0.15) is 18.1 Å². The minimum Gasteiger partial charge on any atom is -0.496 e. The first-order valence-corrected chi connectivity index (χ1v) is 6.90. The van der Waals surface area contributed by atoms with Crippen molar-refractivity contribution in [1.82, 2.24) is 4.90 Å². The summed E-state index contributed by atoms with van der Waals surface area (Å²) < 4.78 is 18.1. The van der Waals surface area contributed by atoms with E-state index in [2.05, 4.69) is 0 Å². The number of hydrogen-bond donors (Lipinski definition) is 1. The fraction of sp³-hybridized carbons (Fsp3) is 0.176. The molecular weight excluding hydrogens is 301 g/mol. The lowest BCUT2D eigenvalue weighted by Gasteiger charge is -2.22. The van der Waals surface area contributed by atoms with E-state index in [0.29, 0.717) is 11.3 Å². The Bertz CT molecular complexity index is 700. The number of ether oxygens (including phenoxy) is 1. The van der Waals surface area contributed by atoms with Crippen molar-refractivity contribution in [2.75, 3.05) is 13.7 Å². The van der Waals surface area contributed by atoms with Crippen LogP contribution in [0.3, 0.4) is 0 Å². The number of methoxy groups -OCH3 is 1. The van der Waals surface area contributed by atoms with E-state index < -0.39 is 24.2 Å². The minimum atomic E-state index is -1.13. The molecular formula is C17H16FNO4. The van der Waals surface area contributed by atoms with Crippen LogP contribution in [0.1, 0.15) is 15.9 Å². The van der Waals surface area contributed by atoms with Crippen molar-refractivity contribution in [1.29, 1.82) is 0 Å². The van der Waals surface area contributed by atoms with E-state index in [4.69, 9.17) is 9.84 Å². The van der Waals surface area contributed by atoms with Gasteiger partial charge in [-0.25, -0.2) is 4.39 Å². The molecule has 0 aliphatic carbocycles. The molecule has 0 unspecified atom stereocenters. The number of benzene rings is 2. The zero-order chi connectivity index (χ0) is 16.8. The molecule has 0 saturated heterocycles. The Morgan fingerprint density at radius 1 is 1.13 bits per heavy atom. The maximum atomic E-state index is 13.0. The molecule has 0 atom stereocenters. The summed E-state index contributed by atoms with van der Waals surface area (Å²) in [5.41, 5.74) is 0.911. The normalized spacial score (nSPS) is 10.2. The quantitative estimate of drug-likeness (QED) is 0.889. The molecule has 0 spiro atoms. The summed E-state index contributed by atoms with van der Waals surface area (Å²) in [6.07, 6.45) is 0. The second-order valence-electron chi connectivity index (χ2n) is 4.88. The Labute approximate surface area is 132 Å². The van der Waals surface area contributed by atoms with E-state index in [1.807, 2.05) is 0 Å². The standard InChI is InChI=1S/C17H16FNO4/c1-23-15-5-3-2-4-14(15)17(22)19(11-16(20)21)10-12-6-8-13(18)9-7-12/h2-9H,10-11H2,1H3,(H,20,21). The zero-order valence-corrected chi connectivity index (χ0v) is 12.5. The highest BCUT2D eigenvalue weighted by Crippen LogP contribution is 2.20. The number of hydrogen-bond acceptors (Lipinski definition) is 3. The predicted molar refractivity (Wildman–Crippen MR) is 81.8 cm³/mol. The van der Waals surface area contributed by atoms with Crippen molar-refractivity contribution in [3.05, 3.63) is 65.5 Å². The van der Waals surface area contributed by atoms with E-state index in [1.165, 1.54) is 36.3 Å². The summed E-state index contributed by atoms with van der Waals surface area (Å²) in [7, 11) is 1.44. The first kappa shape index (κ1) is 16.5. The lowest BCUT2D eigenvalue weighted by atomic mass is 10.1. The van der Waals surface area contributed by atoms with Gasteiger partial charge in [0, 0.05) is 6.54 Å². The summed E-state index contributed by atoms with van der Waals surface area (Å²) >= 11 is 0.